The zero-order valence-electron chi connectivity index (χ0n) is 10.2. The Morgan fingerprint density at radius 2 is 1.06 bits per heavy atom. The molecule has 1 aliphatic carbocycles. The van der Waals surface area contributed by atoms with Crippen molar-refractivity contribution in [3.8, 4) is 11.1 Å². The quantitative estimate of drug-likeness (QED) is 0.483. The normalized spacial score (nSPS) is 11.4. The average molecular weight is 258 g/mol. The molecule has 17 heavy (non-hydrogen) atoms. The van der Waals surface area contributed by atoms with Crippen molar-refractivity contribution in [1.29, 1.82) is 0 Å². The van der Waals surface area contributed by atoms with E-state index in [0.717, 1.165) is 11.1 Å². The van der Waals surface area contributed by atoms with E-state index in [4.69, 9.17) is 5.73 Å². The van der Waals surface area contributed by atoms with Gasteiger partial charge in [-0.1, -0.05) is 65.7 Å². The second-order valence-electron chi connectivity index (χ2n) is 3.61. The van der Waals surface area contributed by atoms with Gasteiger partial charge in [-0.15, -0.1) is 0 Å². The van der Waals surface area contributed by atoms with Gasteiger partial charge in [-0.2, -0.15) is 0 Å². The fourth-order valence-corrected chi connectivity index (χ4v) is 2.16. The maximum absolute atomic E-state index is 8.10. The summed E-state index contributed by atoms with van der Waals surface area (Å²) in [5, 5.41) is 0. The fraction of sp³-hybridized carbons (Fsp3) is 0.0667. The molecule has 0 bridgehead atoms. The number of nitrogens with one attached hydrogen (secondary N) is 1. The van der Waals surface area contributed by atoms with Crippen LogP contribution in [0.4, 0.5) is 0 Å². The van der Waals surface area contributed by atoms with E-state index in [0.29, 0.717) is 0 Å². The first kappa shape index (κ1) is 16.1. The van der Waals surface area contributed by atoms with Gasteiger partial charge in [0.15, 0.2) is 0 Å². The van der Waals surface area contributed by atoms with Crippen molar-refractivity contribution in [2.75, 3.05) is 0 Å². The van der Waals surface area contributed by atoms with Crippen LogP contribution >= 0.6 is 0 Å². The van der Waals surface area contributed by atoms with E-state index in [9.17, 15) is 0 Å². The van der Waals surface area contributed by atoms with Crippen LogP contribution in [0, 0.1) is 14.9 Å². The van der Waals surface area contributed by atoms with E-state index in [2.05, 4.69) is 12.1 Å². The molecule has 0 fully saturated rings. The number of hydrogen-bond donors (Lipinski definition) is 0. The zero-order valence-corrected chi connectivity index (χ0v) is 11.8. The van der Waals surface area contributed by atoms with E-state index in [1.54, 1.807) is 0 Å². The Morgan fingerprint density at radius 1 is 0.706 bits per heavy atom. The van der Waals surface area contributed by atoms with E-state index in [1.807, 2.05) is 36.4 Å². The Kier molecular flexibility index (Phi) is 5.84. The molecule has 0 unspecified atom stereocenters. The third kappa shape index (κ3) is 2.37. The molecule has 1 N–H and O–H groups in total. The molecule has 1 radical (unpaired) electrons. The van der Waals surface area contributed by atoms with E-state index in [-0.39, 0.29) is 42.6 Å². The van der Waals surface area contributed by atoms with Gasteiger partial charge in [0.05, 0.1) is 0 Å². The van der Waals surface area contributed by atoms with Crippen LogP contribution in [0.15, 0.2) is 48.5 Å². The summed E-state index contributed by atoms with van der Waals surface area (Å²) in [6.07, 6.45) is 0. The standard InChI is InChI=1S/C13H10N.2CH3.Ti/c14-13-11-7-3-1-5-9(11)10-6-2-4-8-12(10)13;;;/h1-8,13-14H;2*1H3;/q3*-1;+3. The van der Waals surface area contributed by atoms with E-state index >= 15 is 0 Å². The predicted molar refractivity (Wildman–Crippen MR) is 70.9 cm³/mol. The summed E-state index contributed by atoms with van der Waals surface area (Å²) in [7, 11) is 0. The fourth-order valence-electron chi connectivity index (χ4n) is 2.16. The molecular formula is C15H16NTi. The Labute approximate surface area is 119 Å². The summed E-state index contributed by atoms with van der Waals surface area (Å²) in [6.45, 7) is 0. The second kappa shape index (κ2) is 6.16. The van der Waals surface area contributed by atoms with Crippen LogP contribution in [0.3, 0.4) is 0 Å². The van der Waals surface area contributed by atoms with Crippen LogP contribution in [0.1, 0.15) is 17.2 Å². The monoisotopic (exact) mass is 258 g/mol. The number of hydrogen-bond acceptors (Lipinski definition) is 0. The molecule has 3 rings (SSSR count). The molecule has 0 heterocycles. The van der Waals surface area contributed by atoms with Gasteiger partial charge in [0.2, 0.25) is 0 Å². The average Bonchev–Trinajstić information content (AvgIpc) is 2.55. The topological polar surface area (TPSA) is 23.8 Å². The number of fused-ring (bicyclic) bond motifs is 3. The molecule has 1 aliphatic rings. The summed E-state index contributed by atoms with van der Waals surface area (Å²) < 4.78 is 0. The maximum atomic E-state index is 8.10. The Bertz CT molecular complexity index is 448. The van der Waals surface area contributed by atoms with Gasteiger partial charge < -0.3 is 20.6 Å². The first-order valence-corrected chi connectivity index (χ1v) is 4.77. The van der Waals surface area contributed by atoms with Crippen LogP contribution in [0.5, 0.6) is 0 Å². The van der Waals surface area contributed by atoms with Crippen molar-refractivity contribution in [2.45, 2.75) is 6.04 Å². The van der Waals surface area contributed by atoms with Gasteiger partial charge >= 0.3 is 21.7 Å². The minimum Gasteiger partial charge on any atom is -0.667 e. The summed E-state index contributed by atoms with van der Waals surface area (Å²) in [4.78, 5) is 0. The van der Waals surface area contributed by atoms with Gasteiger partial charge in [0.1, 0.15) is 0 Å². The van der Waals surface area contributed by atoms with Crippen LogP contribution < -0.4 is 0 Å². The number of rotatable bonds is 0. The molecule has 2 heteroatoms. The van der Waals surface area contributed by atoms with Crippen LogP contribution in [0.25, 0.3) is 16.9 Å². The molecular weight excluding hydrogens is 242 g/mol. The predicted octanol–water partition coefficient (Wildman–Crippen LogP) is 4.71. The Hall–Kier alpha value is -0.886. The van der Waals surface area contributed by atoms with Crippen molar-refractivity contribution in [3.63, 3.8) is 0 Å². The minimum absolute atomic E-state index is 0. The molecule has 0 amide bonds. The molecule has 1 nitrogen and oxygen atoms in total. The smallest absolute Gasteiger partial charge is 0.667 e. The van der Waals surface area contributed by atoms with Crippen LogP contribution in [-0.2, 0) is 21.7 Å². The minimum atomic E-state index is -0.192. The van der Waals surface area contributed by atoms with Crippen molar-refractivity contribution >= 4 is 0 Å². The van der Waals surface area contributed by atoms with Crippen LogP contribution in [-0.4, -0.2) is 0 Å². The van der Waals surface area contributed by atoms with Gasteiger partial charge in [-0.3, -0.25) is 0 Å². The van der Waals surface area contributed by atoms with Gasteiger partial charge in [-0.25, -0.2) is 0 Å². The second-order valence-corrected chi connectivity index (χ2v) is 3.61. The summed E-state index contributed by atoms with van der Waals surface area (Å²) in [5.74, 6) is 0. The van der Waals surface area contributed by atoms with E-state index < -0.39 is 0 Å². The Morgan fingerprint density at radius 3 is 1.47 bits per heavy atom. The summed E-state index contributed by atoms with van der Waals surface area (Å²) >= 11 is 0. The zero-order chi connectivity index (χ0) is 9.54. The summed E-state index contributed by atoms with van der Waals surface area (Å²) in [5.41, 5.74) is 12.8. The van der Waals surface area contributed by atoms with Crippen molar-refractivity contribution in [1.82, 2.24) is 0 Å². The maximum Gasteiger partial charge on any atom is 3.00 e. The van der Waals surface area contributed by atoms with Gasteiger partial charge in [0, 0.05) is 0 Å². The van der Waals surface area contributed by atoms with Gasteiger partial charge in [0.25, 0.3) is 0 Å². The Balaban J connectivity index is 0.000000853. The van der Waals surface area contributed by atoms with Crippen molar-refractivity contribution < 1.29 is 21.7 Å². The molecule has 0 aromatic heterocycles. The first-order valence-electron chi connectivity index (χ1n) is 4.77. The first-order chi connectivity index (χ1) is 6.88. The molecule has 0 spiro atoms. The third-order valence-electron chi connectivity index (χ3n) is 2.83. The molecule has 2 aromatic rings. The van der Waals surface area contributed by atoms with Crippen molar-refractivity contribution in [2.24, 2.45) is 0 Å². The van der Waals surface area contributed by atoms with Gasteiger partial charge in [-0.05, 0) is 11.1 Å². The SMILES string of the molecule is [CH3-].[CH3-].[NH-]C1c2ccccc2-c2ccccc21.[Ti+3]. The molecule has 2 aromatic carbocycles. The molecule has 85 valence electrons. The van der Waals surface area contributed by atoms with Crippen molar-refractivity contribution in [3.05, 3.63) is 80.2 Å². The largest absolute Gasteiger partial charge is 3.00 e. The van der Waals surface area contributed by atoms with E-state index in [1.165, 1.54) is 11.1 Å². The number of benzene rings is 2. The third-order valence-corrected chi connectivity index (χ3v) is 2.83. The molecule has 0 aliphatic heterocycles. The molecule has 0 saturated heterocycles. The molecule has 0 saturated carbocycles. The molecule has 0 atom stereocenters. The summed E-state index contributed by atoms with van der Waals surface area (Å²) in [6, 6.07) is 16.2. The van der Waals surface area contributed by atoms with Crippen LogP contribution in [0.2, 0.25) is 0 Å².